The summed E-state index contributed by atoms with van der Waals surface area (Å²) in [4.78, 5) is 9.55. The van der Waals surface area contributed by atoms with Crippen LogP contribution in [0, 0.1) is 0 Å². The van der Waals surface area contributed by atoms with Crippen molar-refractivity contribution in [1.29, 1.82) is 0 Å². The van der Waals surface area contributed by atoms with E-state index in [-0.39, 0.29) is 0 Å². The first-order valence-electron chi connectivity index (χ1n) is 7.06. The van der Waals surface area contributed by atoms with Crippen molar-refractivity contribution in [2.24, 2.45) is 0 Å². The molecule has 0 aromatic carbocycles. The molecule has 1 saturated heterocycles. The molecule has 5 heteroatoms. The normalized spacial score (nSPS) is 19.1. The van der Waals surface area contributed by atoms with Gasteiger partial charge in [0.05, 0.1) is 15.4 Å². The van der Waals surface area contributed by atoms with E-state index in [0.29, 0.717) is 11.2 Å². The van der Waals surface area contributed by atoms with Gasteiger partial charge in [-0.2, -0.15) is 11.8 Å². The Kier molecular flexibility index (Phi) is 5.51. The molecule has 19 heavy (non-hydrogen) atoms. The van der Waals surface area contributed by atoms with Crippen molar-refractivity contribution in [2.75, 3.05) is 17.6 Å². The summed E-state index contributed by atoms with van der Waals surface area (Å²) >= 11 is 5.65. The van der Waals surface area contributed by atoms with E-state index in [1.807, 2.05) is 11.8 Å². The molecule has 3 nitrogen and oxygen atoms in total. The Balaban J connectivity index is 2.35. The molecule has 0 amide bonds. The second kappa shape index (κ2) is 6.93. The van der Waals surface area contributed by atoms with Gasteiger partial charge in [-0.05, 0) is 46.9 Å². The number of hydrogen-bond acceptors (Lipinski definition) is 4. The first-order valence-corrected chi connectivity index (χ1v) is 8.90. The summed E-state index contributed by atoms with van der Waals surface area (Å²) in [5.41, 5.74) is 1.12. The number of rotatable bonds is 5. The Morgan fingerprint density at radius 1 is 1.42 bits per heavy atom. The van der Waals surface area contributed by atoms with Crippen molar-refractivity contribution in [3.05, 3.63) is 16.0 Å². The van der Waals surface area contributed by atoms with Crippen LogP contribution in [-0.4, -0.2) is 22.3 Å². The minimum absolute atomic E-state index is 0.407. The molecule has 2 heterocycles. The van der Waals surface area contributed by atoms with Gasteiger partial charge in [0.25, 0.3) is 0 Å². The number of thioether (sulfide) groups is 1. The van der Waals surface area contributed by atoms with Gasteiger partial charge < -0.3 is 5.32 Å². The summed E-state index contributed by atoms with van der Waals surface area (Å²) < 4.78 is 1.03. The fraction of sp³-hybridized carbons (Fsp3) is 0.714. The molecule has 0 aliphatic carbocycles. The first-order chi connectivity index (χ1) is 9.13. The predicted molar refractivity (Wildman–Crippen MR) is 87.0 cm³/mol. The zero-order chi connectivity index (χ0) is 13.8. The summed E-state index contributed by atoms with van der Waals surface area (Å²) in [6, 6.07) is 0. The van der Waals surface area contributed by atoms with Crippen LogP contribution in [0.1, 0.15) is 62.7 Å². The van der Waals surface area contributed by atoms with Crippen molar-refractivity contribution in [3.63, 3.8) is 0 Å². The average molecular weight is 344 g/mol. The lowest BCUT2D eigenvalue weighted by Crippen LogP contribution is -2.11. The molecule has 106 valence electrons. The number of aromatic nitrogens is 2. The molecule has 1 N–H and O–H groups in total. The predicted octanol–water partition coefficient (Wildman–Crippen LogP) is 4.75. The van der Waals surface area contributed by atoms with Crippen LogP contribution in [0.2, 0.25) is 0 Å². The van der Waals surface area contributed by atoms with Gasteiger partial charge >= 0.3 is 0 Å². The molecule has 1 aromatic rings. The van der Waals surface area contributed by atoms with Gasteiger partial charge in [0.2, 0.25) is 0 Å². The number of hydrogen-bond donors (Lipinski definition) is 1. The van der Waals surface area contributed by atoms with E-state index in [9.17, 15) is 0 Å². The largest absolute Gasteiger partial charge is 0.369 e. The van der Waals surface area contributed by atoms with Gasteiger partial charge in [0, 0.05) is 6.54 Å². The highest BCUT2D eigenvalue weighted by molar-refractivity contribution is 9.10. The van der Waals surface area contributed by atoms with E-state index in [1.165, 1.54) is 18.6 Å². The molecule has 1 atom stereocenters. The van der Waals surface area contributed by atoms with Crippen LogP contribution in [-0.2, 0) is 0 Å². The van der Waals surface area contributed by atoms with Crippen molar-refractivity contribution >= 4 is 33.5 Å². The maximum absolute atomic E-state index is 4.80. The molecule has 1 fully saturated rings. The lowest BCUT2D eigenvalue weighted by atomic mass is 10.1. The van der Waals surface area contributed by atoms with Crippen LogP contribution in [0.15, 0.2) is 4.47 Å². The smallest absolute Gasteiger partial charge is 0.144 e. The van der Waals surface area contributed by atoms with E-state index < -0.39 is 0 Å². The van der Waals surface area contributed by atoms with Gasteiger partial charge in [-0.15, -0.1) is 0 Å². The first kappa shape index (κ1) is 15.1. The topological polar surface area (TPSA) is 37.8 Å². The zero-order valence-corrected chi connectivity index (χ0v) is 14.3. The van der Waals surface area contributed by atoms with Crippen LogP contribution >= 0.6 is 27.7 Å². The fourth-order valence-electron chi connectivity index (χ4n) is 2.15. The molecule has 1 unspecified atom stereocenters. The number of halogens is 1. The highest BCUT2D eigenvalue weighted by Crippen LogP contribution is 2.40. The summed E-state index contributed by atoms with van der Waals surface area (Å²) in [5.74, 6) is 3.61. The fourth-order valence-corrected chi connectivity index (χ4v) is 4.13. The van der Waals surface area contributed by atoms with Gasteiger partial charge in [-0.1, -0.05) is 20.8 Å². The molecule has 0 radical (unpaired) electrons. The summed E-state index contributed by atoms with van der Waals surface area (Å²) in [6.45, 7) is 7.48. The highest BCUT2D eigenvalue weighted by atomic mass is 79.9. The number of nitrogens with zero attached hydrogens (tertiary/aromatic N) is 2. The molecule has 1 aliphatic rings. The quantitative estimate of drug-likeness (QED) is 0.836. The standard InChI is InChI=1S/C14H22BrN3S/c1-4-7-16-14-11(15)12(9(2)3)17-13(18-14)10-6-5-8-19-10/h9-10H,4-8H2,1-3H3,(H,16,17,18). The molecule has 0 spiro atoms. The Hall–Kier alpha value is -0.290. The highest BCUT2D eigenvalue weighted by Gasteiger charge is 2.23. The van der Waals surface area contributed by atoms with Gasteiger partial charge in [-0.3, -0.25) is 0 Å². The lowest BCUT2D eigenvalue weighted by Gasteiger charge is -2.16. The third-order valence-electron chi connectivity index (χ3n) is 3.20. The third-order valence-corrected chi connectivity index (χ3v) is 5.36. The maximum Gasteiger partial charge on any atom is 0.144 e. The van der Waals surface area contributed by atoms with E-state index in [1.54, 1.807) is 0 Å². The Morgan fingerprint density at radius 3 is 2.79 bits per heavy atom. The van der Waals surface area contributed by atoms with Crippen LogP contribution < -0.4 is 5.32 Å². The zero-order valence-electron chi connectivity index (χ0n) is 11.9. The number of anilines is 1. The van der Waals surface area contributed by atoms with E-state index in [2.05, 4.69) is 42.0 Å². The summed E-state index contributed by atoms with van der Waals surface area (Å²) in [6.07, 6.45) is 3.58. The van der Waals surface area contributed by atoms with Gasteiger partial charge in [-0.25, -0.2) is 9.97 Å². The lowest BCUT2D eigenvalue weighted by molar-refractivity contribution is 0.735. The minimum atomic E-state index is 0.407. The van der Waals surface area contributed by atoms with Gasteiger partial charge in [0.1, 0.15) is 11.6 Å². The molecular formula is C14H22BrN3S. The molecule has 0 saturated carbocycles. The van der Waals surface area contributed by atoms with Crippen LogP contribution in [0.5, 0.6) is 0 Å². The van der Waals surface area contributed by atoms with Crippen molar-refractivity contribution < 1.29 is 0 Å². The SMILES string of the molecule is CCCNc1nc(C2CCCS2)nc(C(C)C)c1Br. The summed E-state index contributed by atoms with van der Waals surface area (Å²) in [7, 11) is 0. The average Bonchev–Trinajstić information content (AvgIpc) is 2.91. The van der Waals surface area contributed by atoms with Gasteiger partial charge in [0.15, 0.2) is 0 Å². The molecule has 1 aromatic heterocycles. The maximum atomic E-state index is 4.80. The van der Waals surface area contributed by atoms with Crippen LogP contribution in [0.25, 0.3) is 0 Å². The van der Waals surface area contributed by atoms with Crippen molar-refractivity contribution in [2.45, 2.75) is 51.2 Å². The molecule has 2 rings (SSSR count). The minimum Gasteiger partial charge on any atom is -0.369 e. The van der Waals surface area contributed by atoms with Crippen LogP contribution in [0.3, 0.4) is 0 Å². The molecular weight excluding hydrogens is 322 g/mol. The second-order valence-electron chi connectivity index (χ2n) is 5.21. The van der Waals surface area contributed by atoms with Crippen molar-refractivity contribution in [3.8, 4) is 0 Å². The summed E-state index contributed by atoms with van der Waals surface area (Å²) in [5, 5.41) is 3.89. The van der Waals surface area contributed by atoms with E-state index >= 15 is 0 Å². The Morgan fingerprint density at radius 2 is 2.21 bits per heavy atom. The monoisotopic (exact) mass is 343 g/mol. The Bertz CT molecular complexity index is 431. The molecule has 1 aliphatic heterocycles. The number of nitrogens with one attached hydrogen (secondary N) is 1. The van der Waals surface area contributed by atoms with Crippen molar-refractivity contribution in [1.82, 2.24) is 9.97 Å². The third kappa shape index (κ3) is 3.63. The molecule has 0 bridgehead atoms. The van der Waals surface area contributed by atoms with E-state index in [4.69, 9.17) is 9.97 Å². The van der Waals surface area contributed by atoms with E-state index in [0.717, 1.165) is 34.8 Å². The Labute approximate surface area is 128 Å². The van der Waals surface area contributed by atoms with Crippen LogP contribution in [0.4, 0.5) is 5.82 Å². The second-order valence-corrected chi connectivity index (χ2v) is 7.32.